The maximum absolute atomic E-state index is 9.98. The lowest BCUT2D eigenvalue weighted by Gasteiger charge is -2.16. The Hall–Kier alpha value is -2.06. The number of ether oxygens (including phenoxy) is 1. The Morgan fingerprint density at radius 2 is 1.77 bits per heavy atom. The first-order valence-corrected chi connectivity index (χ1v) is 7.92. The fraction of sp³-hybridized carbons (Fsp3) is 0.300. The standard InChI is InChI=1S/C20H22O2/c1-3-6-17(21)13-22-20-18-8-5-4-7-15(18)12-16-10-9-14(2)11-19(16)20/h4-5,7-12,17,21H,3,6,13H2,1-2H3. The number of aliphatic hydroxyl groups is 1. The van der Waals surface area contributed by atoms with Crippen LogP contribution in [0, 0.1) is 6.92 Å². The first-order chi connectivity index (χ1) is 10.7. The van der Waals surface area contributed by atoms with Gasteiger partial charge in [-0.05, 0) is 36.2 Å². The number of aryl methyl sites for hydroxylation is 1. The Bertz CT molecular complexity index is 792. The van der Waals surface area contributed by atoms with Crippen LogP contribution in [0.1, 0.15) is 25.3 Å². The molecule has 0 saturated carbocycles. The second-order valence-corrected chi connectivity index (χ2v) is 5.90. The summed E-state index contributed by atoms with van der Waals surface area (Å²) in [4.78, 5) is 0. The average Bonchev–Trinajstić information content (AvgIpc) is 2.52. The molecule has 22 heavy (non-hydrogen) atoms. The first kappa shape index (κ1) is 14.9. The monoisotopic (exact) mass is 294 g/mol. The number of aliphatic hydroxyl groups excluding tert-OH is 1. The molecule has 0 fully saturated rings. The van der Waals surface area contributed by atoms with Crippen molar-refractivity contribution in [3.63, 3.8) is 0 Å². The van der Waals surface area contributed by atoms with Crippen LogP contribution in [0.25, 0.3) is 21.5 Å². The zero-order valence-electron chi connectivity index (χ0n) is 13.2. The second-order valence-electron chi connectivity index (χ2n) is 5.90. The molecule has 0 aliphatic carbocycles. The molecule has 3 rings (SSSR count). The molecular weight excluding hydrogens is 272 g/mol. The van der Waals surface area contributed by atoms with Crippen molar-refractivity contribution in [2.75, 3.05) is 6.61 Å². The van der Waals surface area contributed by atoms with Crippen LogP contribution in [0.15, 0.2) is 48.5 Å². The van der Waals surface area contributed by atoms with Crippen LogP contribution in [0.5, 0.6) is 5.75 Å². The number of rotatable bonds is 5. The average molecular weight is 294 g/mol. The molecule has 0 spiro atoms. The van der Waals surface area contributed by atoms with Crippen LogP contribution in [0.3, 0.4) is 0 Å². The molecule has 0 aliphatic rings. The molecule has 0 radical (unpaired) electrons. The van der Waals surface area contributed by atoms with E-state index in [0.29, 0.717) is 6.61 Å². The largest absolute Gasteiger partial charge is 0.490 e. The van der Waals surface area contributed by atoms with Crippen LogP contribution in [0.4, 0.5) is 0 Å². The molecule has 0 aliphatic heterocycles. The molecule has 1 atom stereocenters. The van der Waals surface area contributed by atoms with Gasteiger partial charge in [0.05, 0.1) is 6.10 Å². The van der Waals surface area contributed by atoms with E-state index in [9.17, 15) is 5.11 Å². The molecule has 0 bridgehead atoms. The summed E-state index contributed by atoms with van der Waals surface area (Å²) < 4.78 is 6.05. The van der Waals surface area contributed by atoms with Gasteiger partial charge in [0.1, 0.15) is 12.4 Å². The molecule has 1 unspecified atom stereocenters. The highest BCUT2D eigenvalue weighted by atomic mass is 16.5. The SMILES string of the molecule is CCCC(O)COc1c2ccccc2cc2ccc(C)cc12. The van der Waals surface area contributed by atoms with Crippen LogP contribution >= 0.6 is 0 Å². The van der Waals surface area contributed by atoms with Gasteiger partial charge in [-0.25, -0.2) is 0 Å². The molecule has 3 aromatic rings. The predicted molar refractivity (Wildman–Crippen MR) is 92.6 cm³/mol. The molecule has 3 aromatic carbocycles. The van der Waals surface area contributed by atoms with E-state index in [1.54, 1.807) is 0 Å². The summed E-state index contributed by atoms with van der Waals surface area (Å²) in [5.41, 5.74) is 1.21. The van der Waals surface area contributed by atoms with Crippen molar-refractivity contribution in [1.82, 2.24) is 0 Å². The van der Waals surface area contributed by atoms with E-state index in [4.69, 9.17) is 4.74 Å². The minimum absolute atomic E-state index is 0.338. The van der Waals surface area contributed by atoms with Gasteiger partial charge in [-0.15, -0.1) is 0 Å². The quantitative estimate of drug-likeness (QED) is 0.682. The molecule has 2 heteroatoms. The maximum atomic E-state index is 9.98. The fourth-order valence-corrected chi connectivity index (χ4v) is 2.89. The van der Waals surface area contributed by atoms with E-state index >= 15 is 0 Å². The van der Waals surface area contributed by atoms with Gasteiger partial charge in [0.2, 0.25) is 0 Å². The molecular formula is C20H22O2. The number of benzene rings is 3. The van der Waals surface area contributed by atoms with Crippen LogP contribution in [-0.4, -0.2) is 17.8 Å². The number of hydrogen-bond donors (Lipinski definition) is 1. The van der Waals surface area contributed by atoms with Crippen molar-refractivity contribution in [3.05, 3.63) is 54.1 Å². The zero-order valence-corrected chi connectivity index (χ0v) is 13.2. The summed E-state index contributed by atoms with van der Waals surface area (Å²) in [6.07, 6.45) is 1.31. The van der Waals surface area contributed by atoms with Gasteiger partial charge >= 0.3 is 0 Å². The molecule has 0 aromatic heterocycles. The molecule has 0 saturated heterocycles. The van der Waals surface area contributed by atoms with Gasteiger partial charge < -0.3 is 9.84 Å². The van der Waals surface area contributed by atoms with Gasteiger partial charge in [0.15, 0.2) is 0 Å². The van der Waals surface area contributed by atoms with Gasteiger partial charge in [-0.2, -0.15) is 0 Å². The lowest BCUT2D eigenvalue weighted by molar-refractivity contribution is 0.101. The molecule has 114 valence electrons. The van der Waals surface area contributed by atoms with Gasteiger partial charge in [-0.3, -0.25) is 0 Å². The van der Waals surface area contributed by atoms with Gasteiger partial charge in [-0.1, -0.05) is 55.3 Å². The summed E-state index contributed by atoms with van der Waals surface area (Å²) in [7, 11) is 0. The van der Waals surface area contributed by atoms with Crippen molar-refractivity contribution in [2.24, 2.45) is 0 Å². The fourth-order valence-electron chi connectivity index (χ4n) is 2.89. The summed E-state index contributed by atoms with van der Waals surface area (Å²) in [5.74, 6) is 0.881. The lowest BCUT2D eigenvalue weighted by atomic mass is 10.0. The Morgan fingerprint density at radius 3 is 2.59 bits per heavy atom. The summed E-state index contributed by atoms with van der Waals surface area (Å²) in [6, 6.07) is 16.8. The van der Waals surface area contributed by atoms with Gasteiger partial charge in [0.25, 0.3) is 0 Å². The Morgan fingerprint density at radius 1 is 1.00 bits per heavy atom. The molecule has 1 N–H and O–H groups in total. The highest BCUT2D eigenvalue weighted by Gasteiger charge is 2.11. The zero-order chi connectivity index (χ0) is 15.5. The van der Waals surface area contributed by atoms with E-state index in [-0.39, 0.29) is 0 Å². The predicted octanol–water partition coefficient (Wildman–Crippen LogP) is 4.84. The number of hydrogen-bond acceptors (Lipinski definition) is 2. The molecule has 0 amide bonds. The second kappa shape index (κ2) is 6.37. The van der Waals surface area contributed by atoms with Crippen molar-refractivity contribution >= 4 is 21.5 Å². The normalized spacial score (nSPS) is 12.7. The number of fused-ring (bicyclic) bond motifs is 2. The van der Waals surface area contributed by atoms with E-state index in [1.165, 1.54) is 16.3 Å². The molecule has 2 nitrogen and oxygen atoms in total. The van der Waals surface area contributed by atoms with E-state index in [1.807, 2.05) is 12.1 Å². The van der Waals surface area contributed by atoms with Crippen molar-refractivity contribution in [1.29, 1.82) is 0 Å². The Balaban J connectivity index is 2.11. The van der Waals surface area contributed by atoms with Gasteiger partial charge in [0, 0.05) is 10.8 Å². The summed E-state index contributed by atoms with van der Waals surface area (Å²) >= 11 is 0. The minimum Gasteiger partial charge on any atom is -0.490 e. The third-order valence-electron chi connectivity index (χ3n) is 4.01. The summed E-state index contributed by atoms with van der Waals surface area (Å²) in [5, 5.41) is 14.5. The van der Waals surface area contributed by atoms with Crippen LogP contribution in [-0.2, 0) is 0 Å². The van der Waals surface area contributed by atoms with Crippen molar-refractivity contribution in [3.8, 4) is 5.75 Å². The van der Waals surface area contributed by atoms with E-state index in [2.05, 4.69) is 50.2 Å². The highest BCUT2D eigenvalue weighted by Crippen LogP contribution is 2.35. The smallest absolute Gasteiger partial charge is 0.135 e. The topological polar surface area (TPSA) is 29.5 Å². The molecule has 0 heterocycles. The third kappa shape index (κ3) is 2.93. The first-order valence-electron chi connectivity index (χ1n) is 7.92. The van der Waals surface area contributed by atoms with E-state index < -0.39 is 6.10 Å². The van der Waals surface area contributed by atoms with Crippen molar-refractivity contribution < 1.29 is 9.84 Å². The minimum atomic E-state index is -0.413. The van der Waals surface area contributed by atoms with Crippen LogP contribution < -0.4 is 4.74 Å². The Labute approximate surface area is 131 Å². The van der Waals surface area contributed by atoms with Crippen molar-refractivity contribution in [2.45, 2.75) is 32.8 Å². The van der Waals surface area contributed by atoms with Crippen LogP contribution in [0.2, 0.25) is 0 Å². The Kier molecular flexibility index (Phi) is 4.30. The highest BCUT2D eigenvalue weighted by molar-refractivity contribution is 6.05. The summed E-state index contributed by atoms with van der Waals surface area (Å²) in [6.45, 7) is 4.50. The maximum Gasteiger partial charge on any atom is 0.135 e. The third-order valence-corrected chi connectivity index (χ3v) is 4.01. The van der Waals surface area contributed by atoms with E-state index in [0.717, 1.165) is 29.4 Å². The lowest BCUT2D eigenvalue weighted by Crippen LogP contribution is -2.17.